The van der Waals surface area contributed by atoms with Crippen molar-refractivity contribution < 1.29 is 17.6 Å². The molecule has 0 spiro atoms. The Balaban J connectivity index is 1.35. The van der Waals surface area contributed by atoms with E-state index in [2.05, 4.69) is 14.6 Å². The van der Waals surface area contributed by atoms with Crippen molar-refractivity contribution in [2.75, 3.05) is 35.8 Å². The van der Waals surface area contributed by atoms with E-state index in [-0.39, 0.29) is 23.0 Å². The highest BCUT2D eigenvalue weighted by atomic mass is 32.2. The van der Waals surface area contributed by atoms with Crippen molar-refractivity contribution in [2.24, 2.45) is 0 Å². The van der Waals surface area contributed by atoms with Gasteiger partial charge in [-0.2, -0.15) is 0 Å². The fraction of sp³-hybridized carbons (Fsp3) is 0.273. The van der Waals surface area contributed by atoms with E-state index in [0.717, 1.165) is 11.3 Å². The first-order valence-electron chi connectivity index (χ1n) is 10.1. The van der Waals surface area contributed by atoms with E-state index in [0.29, 0.717) is 36.9 Å². The largest absolute Gasteiger partial charge is 0.368 e. The van der Waals surface area contributed by atoms with Crippen molar-refractivity contribution >= 4 is 38.1 Å². The number of carbonyl (C=O) groups is 1. The molecule has 2 aromatic carbocycles. The molecule has 1 N–H and O–H groups in total. The zero-order valence-corrected chi connectivity index (χ0v) is 19.1. The molecule has 1 fully saturated rings. The van der Waals surface area contributed by atoms with E-state index in [4.69, 9.17) is 0 Å². The van der Waals surface area contributed by atoms with Gasteiger partial charge in [-0.15, -0.1) is 11.3 Å². The first-order valence-corrected chi connectivity index (χ1v) is 12.5. The van der Waals surface area contributed by atoms with Gasteiger partial charge in [-0.05, 0) is 54.4 Å². The van der Waals surface area contributed by atoms with E-state index in [1.54, 1.807) is 40.6 Å². The lowest BCUT2D eigenvalue weighted by atomic mass is 10.0. The van der Waals surface area contributed by atoms with Gasteiger partial charge in [0.25, 0.3) is 10.0 Å². The molecular formula is C22H23FN4O3S2. The summed E-state index contributed by atoms with van der Waals surface area (Å²) in [6.45, 7) is 4.25. The minimum absolute atomic E-state index is 0.0203. The molecule has 1 aliphatic heterocycles. The fourth-order valence-corrected chi connectivity index (χ4v) is 5.39. The molecule has 0 atom stereocenters. The molecule has 2 heterocycles. The number of carbonyl (C=O) groups excluding carboxylic acids is 1. The van der Waals surface area contributed by atoms with Gasteiger partial charge >= 0.3 is 0 Å². The van der Waals surface area contributed by atoms with Crippen LogP contribution in [0.2, 0.25) is 0 Å². The molecule has 0 aliphatic carbocycles. The Kier molecular flexibility index (Phi) is 6.43. The number of nitrogens with one attached hydrogen (secondary N) is 1. The number of anilines is 2. The SMILES string of the molecule is Cc1ccc(F)cc1CC(=O)N1CCN(c2ccc(S(=O)(=O)Nc3nccs3)cc2)CC1. The topological polar surface area (TPSA) is 82.6 Å². The van der Waals surface area contributed by atoms with E-state index in [1.165, 1.54) is 29.7 Å². The second-order valence-corrected chi connectivity index (χ2v) is 10.1. The highest BCUT2D eigenvalue weighted by Crippen LogP contribution is 2.22. The van der Waals surface area contributed by atoms with E-state index < -0.39 is 10.0 Å². The van der Waals surface area contributed by atoms with Crippen LogP contribution in [0.25, 0.3) is 0 Å². The quantitative estimate of drug-likeness (QED) is 0.593. The van der Waals surface area contributed by atoms with Gasteiger partial charge in [0.05, 0.1) is 11.3 Å². The first kappa shape index (κ1) is 22.2. The van der Waals surface area contributed by atoms with Crippen molar-refractivity contribution in [2.45, 2.75) is 18.2 Å². The van der Waals surface area contributed by atoms with Crippen molar-refractivity contribution in [1.82, 2.24) is 9.88 Å². The minimum Gasteiger partial charge on any atom is -0.368 e. The lowest BCUT2D eigenvalue weighted by Crippen LogP contribution is -2.49. The number of thiazole rings is 1. The van der Waals surface area contributed by atoms with Crippen LogP contribution >= 0.6 is 11.3 Å². The van der Waals surface area contributed by atoms with E-state index in [1.807, 2.05) is 6.92 Å². The Hall–Kier alpha value is -2.98. The van der Waals surface area contributed by atoms with Gasteiger partial charge in [-0.25, -0.2) is 17.8 Å². The van der Waals surface area contributed by atoms with Crippen LogP contribution < -0.4 is 9.62 Å². The van der Waals surface area contributed by atoms with Crippen LogP contribution in [0.3, 0.4) is 0 Å². The summed E-state index contributed by atoms with van der Waals surface area (Å²) in [6.07, 6.45) is 1.72. The maximum Gasteiger partial charge on any atom is 0.263 e. The third-order valence-electron chi connectivity index (χ3n) is 5.45. The van der Waals surface area contributed by atoms with Gasteiger partial charge in [0.2, 0.25) is 5.91 Å². The zero-order valence-electron chi connectivity index (χ0n) is 17.5. The number of hydrogen-bond donors (Lipinski definition) is 1. The Morgan fingerprint density at radius 3 is 2.50 bits per heavy atom. The van der Waals surface area contributed by atoms with Crippen LogP contribution in [0.5, 0.6) is 0 Å². The molecule has 4 rings (SSSR count). The molecule has 0 bridgehead atoms. The van der Waals surface area contributed by atoms with Crippen molar-refractivity contribution in [3.8, 4) is 0 Å². The number of benzene rings is 2. The number of nitrogens with zero attached hydrogens (tertiary/aromatic N) is 3. The number of hydrogen-bond acceptors (Lipinski definition) is 6. The van der Waals surface area contributed by atoms with Gasteiger partial charge in [-0.3, -0.25) is 9.52 Å². The average molecular weight is 475 g/mol. The average Bonchev–Trinajstić information content (AvgIpc) is 3.29. The van der Waals surface area contributed by atoms with Crippen molar-refractivity contribution in [1.29, 1.82) is 0 Å². The normalized spacial score (nSPS) is 14.4. The lowest BCUT2D eigenvalue weighted by Gasteiger charge is -2.36. The summed E-state index contributed by atoms with van der Waals surface area (Å²) in [4.78, 5) is 20.7. The molecule has 1 aromatic heterocycles. The summed E-state index contributed by atoms with van der Waals surface area (Å²) in [5.41, 5.74) is 2.50. The molecule has 0 saturated carbocycles. The van der Waals surface area contributed by atoms with Crippen LogP contribution in [-0.2, 0) is 21.2 Å². The highest BCUT2D eigenvalue weighted by molar-refractivity contribution is 7.93. The number of amides is 1. The number of sulfonamides is 1. The predicted octanol–water partition coefficient (Wildman–Crippen LogP) is 3.28. The van der Waals surface area contributed by atoms with Crippen LogP contribution in [0, 0.1) is 12.7 Å². The molecule has 7 nitrogen and oxygen atoms in total. The van der Waals surface area contributed by atoms with Gasteiger partial charge in [0.15, 0.2) is 5.13 Å². The summed E-state index contributed by atoms with van der Waals surface area (Å²) in [5.74, 6) is -0.358. The number of aryl methyl sites for hydroxylation is 1. The lowest BCUT2D eigenvalue weighted by molar-refractivity contribution is -0.130. The summed E-state index contributed by atoms with van der Waals surface area (Å²) in [7, 11) is -3.69. The Labute approximate surface area is 190 Å². The molecule has 3 aromatic rings. The summed E-state index contributed by atoms with van der Waals surface area (Å²) in [6, 6.07) is 11.2. The van der Waals surface area contributed by atoms with Crippen LogP contribution in [0.15, 0.2) is 58.9 Å². The maximum atomic E-state index is 13.5. The summed E-state index contributed by atoms with van der Waals surface area (Å²) in [5, 5.41) is 2.02. The molecule has 10 heteroatoms. The number of aromatic nitrogens is 1. The molecule has 0 unspecified atom stereocenters. The number of rotatable bonds is 6. The van der Waals surface area contributed by atoms with Gasteiger partial charge in [-0.1, -0.05) is 6.07 Å². The third kappa shape index (κ3) is 5.08. The second kappa shape index (κ2) is 9.25. The Bertz CT molecular complexity index is 1190. The van der Waals surface area contributed by atoms with Crippen molar-refractivity contribution in [3.63, 3.8) is 0 Å². The van der Waals surface area contributed by atoms with Crippen LogP contribution in [0.1, 0.15) is 11.1 Å². The summed E-state index contributed by atoms with van der Waals surface area (Å²) < 4.78 is 40.9. The van der Waals surface area contributed by atoms with E-state index >= 15 is 0 Å². The van der Waals surface area contributed by atoms with E-state index in [9.17, 15) is 17.6 Å². The van der Waals surface area contributed by atoms with Crippen molar-refractivity contribution in [3.05, 3.63) is 71.0 Å². The van der Waals surface area contributed by atoms with Gasteiger partial charge < -0.3 is 9.80 Å². The monoisotopic (exact) mass is 474 g/mol. The first-order chi connectivity index (χ1) is 15.3. The van der Waals surface area contributed by atoms with Gasteiger partial charge in [0, 0.05) is 43.4 Å². The van der Waals surface area contributed by atoms with Crippen LogP contribution in [-0.4, -0.2) is 50.4 Å². The van der Waals surface area contributed by atoms with Gasteiger partial charge in [0.1, 0.15) is 5.82 Å². The van der Waals surface area contributed by atoms with Crippen LogP contribution in [0.4, 0.5) is 15.2 Å². The minimum atomic E-state index is -3.69. The Morgan fingerprint density at radius 2 is 1.84 bits per heavy atom. The third-order valence-corrected chi connectivity index (χ3v) is 7.62. The molecule has 168 valence electrons. The summed E-state index contributed by atoms with van der Waals surface area (Å²) >= 11 is 1.21. The smallest absolute Gasteiger partial charge is 0.263 e. The second-order valence-electron chi connectivity index (χ2n) is 7.55. The highest BCUT2D eigenvalue weighted by Gasteiger charge is 2.23. The Morgan fingerprint density at radius 1 is 1.12 bits per heavy atom. The molecule has 1 saturated heterocycles. The number of halogens is 1. The molecule has 0 radical (unpaired) electrons. The zero-order chi connectivity index (χ0) is 22.7. The fourth-order valence-electron chi connectivity index (χ4n) is 3.60. The molecule has 32 heavy (non-hydrogen) atoms. The standard InChI is InChI=1S/C22H23FN4O3S2/c1-16-2-3-18(23)14-17(16)15-21(28)27-11-9-26(10-12-27)19-4-6-20(7-5-19)32(29,30)25-22-24-8-13-31-22/h2-8,13-14H,9-12,15H2,1H3,(H,24,25). The molecule has 1 aliphatic rings. The molecular weight excluding hydrogens is 451 g/mol. The number of piperazine rings is 1. The maximum absolute atomic E-state index is 13.5. The predicted molar refractivity (Wildman–Crippen MR) is 123 cm³/mol. The molecule has 1 amide bonds.